The Labute approximate surface area is 126 Å². The van der Waals surface area contributed by atoms with Crippen molar-refractivity contribution in [2.24, 2.45) is 0 Å². The van der Waals surface area contributed by atoms with Gasteiger partial charge in [0.15, 0.2) is 0 Å². The number of anilines is 1. The van der Waals surface area contributed by atoms with E-state index in [-0.39, 0.29) is 17.3 Å². The molecular weight excluding hydrogens is 290 g/mol. The normalized spacial score (nSPS) is 11.5. The van der Waals surface area contributed by atoms with Crippen molar-refractivity contribution in [2.45, 2.75) is 18.7 Å². The summed E-state index contributed by atoms with van der Waals surface area (Å²) in [5, 5.41) is 2.96. The smallest absolute Gasteiger partial charge is 0.243 e. The van der Waals surface area contributed by atoms with Crippen LogP contribution >= 0.6 is 0 Å². The van der Waals surface area contributed by atoms with Gasteiger partial charge in [-0.1, -0.05) is 13.8 Å². The first-order valence-corrected chi connectivity index (χ1v) is 8.31. The third-order valence-electron chi connectivity index (χ3n) is 3.14. The lowest BCUT2D eigenvalue weighted by Gasteiger charge is -2.18. The van der Waals surface area contributed by atoms with E-state index in [0.717, 1.165) is 0 Å². The Bertz CT molecular complexity index is 564. The van der Waals surface area contributed by atoms with Gasteiger partial charge in [0.1, 0.15) is 0 Å². The molecule has 0 radical (unpaired) electrons. The van der Waals surface area contributed by atoms with Crippen LogP contribution in [0.25, 0.3) is 0 Å². The molecule has 1 amide bonds. The zero-order valence-electron chi connectivity index (χ0n) is 13.0. The van der Waals surface area contributed by atoms with Gasteiger partial charge >= 0.3 is 0 Å². The summed E-state index contributed by atoms with van der Waals surface area (Å²) >= 11 is 0. The largest absolute Gasteiger partial charge is 0.376 e. The zero-order chi connectivity index (χ0) is 16.0. The Balaban J connectivity index is 2.81. The Morgan fingerprint density at radius 3 is 2.05 bits per heavy atom. The highest BCUT2D eigenvalue weighted by atomic mass is 32.2. The molecule has 1 N–H and O–H groups in total. The maximum atomic E-state index is 12.3. The van der Waals surface area contributed by atoms with Gasteiger partial charge in [-0.3, -0.25) is 4.79 Å². The Kier molecular flexibility index (Phi) is 6.17. The topological polar surface area (TPSA) is 69.7 Å². The van der Waals surface area contributed by atoms with E-state index in [1.54, 1.807) is 38.4 Å². The Morgan fingerprint density at radius 2 is 1.62 bits per heavy atom. The highest BCUT2D eigenvalue weighted by Crippen LogP contribution is 2.18. The van der Waals surface area contributed by atoms with E-state index in [4.69, 9.17) is 0 Å². The van der Waals surface area contributed by atoms with E-state index in [1.807, 2.05) is 13.8 Å². The van der Waals surface area contributed by atoms with E-state index in [9.17, 15) is 13.2 Å². The number of benzene rings is 1. The van der Waals surface area contributed by atoms with E-state index in [0.29, 0.717) is 18.8 Å². The number of likely N-dealkylation sites (N-methyl/N-ethyl adjacent to an activating group) is 1. The van der Waals surface area contributed by atoms with Crippen molar-refractivity contribution in [3.05, 3.63) is 24.3 Å². The fourth-order valence-corrected chi connectivity index (χ4v) is 3.25. The minimum Gasteiger partial charge on any atom is -0.376 e. The molecule has 0 bridgehead atoms. The van der Waals surface area contributed by atoms with Crippen molar-refractivity contribution in [2.75, 3.05) is 39.0 Å². The molecule has 0 aliphatic heterocycles. The molecule has 0 aromatic heterocycles. The molecule has 0 atom stereocenters. The van der Waals surface area contributed by atoms with Gasteiger partial charge in [0, 0.05) is 32.9 Å². The lowest BCUT2D eigenvalue weighted by Crippen LogP contribution is -2.30. The molecular formula is C14H23N3O3S. The zero-order valence-corrected chi connectivity index (χ0v) is 13.8. The van der Waals surface area contributed by atoms with Crippen LogP contribution < -0.4 is 5.32 Å². The number of carbonyl (C=O) groups is 1. The Morgan fingerprint density at radius 1 is 1.10 bits per heavy atom. The van der Waals surface area contributed by atoms with Gasteiger partial charge in [-0.25, -0.2) is 8.42 Å². The van der Waals surface area contributed by atoms with Crippen molar-refractivity contribution in [3.63, 3.8) is 0 Å². The molecule has 0 fully saturated rings. The number of nitrogens with one attached hydrogen (secondary N) is 1. The predicted molar refractivity (Wildman–Crippen MR) is 83.7 cm³/mol. The minimum atomic E-state index is -3.43. The van der Waals surface area contributed by atoms with Crippen LogP contribution in [0.5, 0.6) is 0 Å². The molecule has 0 heterocycles. The number of hydrogen-bond acceptors (Lipinski definition) is 4. The first kappa shape index (κ1) is 17.5. The first-order valence-electron chi connectivity index (χ1n) is 6.87. The second kappa shape index (κ2) is 7.42. The molecule has 6 nitrogen and oxygen atoms in total. The molecule has 0 saturated heterocycles. The lowest BCUT2D eigenvalue weighted by atomic mass is 10.3. The monoisotopic (exact) mass is 313 g/mol. The summed E-state index contributed by atoms with van der Waals surface area (Å²) in [5.74, 6) is -0.0464. The molecule has 7 heteroatoms. The lowest BCUT2D eigenvalue weighted by molar-refractivity contribution is -0.126. The first-order chi connectivity index (χ1) is 9.82. The Hall–Kier alpha value is -1.60. The van der Waals surface area contributed by atoms with Crippen molar-refractivity contribution in [1.82, 2.24) is 9.21 Å². The SMILES string of the molecule is CCN(CC)S(=O)(=O)c1ccc(NCC(=O)N(C)C)cc1. The molecule has 1 aromatic carbocycles. The van der Waals surface area contributed by atoms with Gasteiger partial charge in [0.2, 0.25) is 15.9 Å². The third-order valence-corrected chi connectivity index (χ3v) is 5.20. The second-order valence-corrected chi connectivity index (χ2v) is 6.69. The minimum absolute atomic E-state index is 0.0464. The van der Waals surface area contributed by atoms with Crippen molar-refractivity contribution < 1.29 is 13.2 Å². The summed E-state index contributed by atoms with van der Waals surface area (Å²) in [7, 11) is -0.0637. The van der Waals surface area contributed by atoms with Crippen molar-refractivity contribution >= 4 is 21.6 Å². The summed E-state index contributed by atoms with van der Waals surface area (Å²) in [6, 6.07) is 6.44. The van der Waals surface area contributed by atoms with Gasteiger partial charge in [-0.05, 0) is 24.3 Å². The summed E-state index contributed by atoms with van der Waals surface area (Å²) in [6.45, 7) is 4.68. The standard InChI is InChI=1S/C14H23N3O3S/c1-5-17(6-2)21(19,20)13-9-7-12(8-10-13)15-11-14(18)16(3)4/h7-10,15H,5-6,11H2,1-4H3. The second-order valence-electron chi connectivity index (χ2n) is 4.76. The molecule has 21 heavy (non-hydrogen) atoms. The number of sulfonamides is 1. The van der Waals surface area contributed by atoms with Gasteiger partial charge < -0.3 is 10.2 Å². The van der Waals surface area contributed by atoms with Crippen LogP contribution in [0, 0.1) is 0 Å². The summed E-state index contributed by atoms with van der Waals surface area (Å²) in [4.78, 5) is 13.2. The fraction of sp³-hybridized carbons (Fsp3) is 0.500. The number of amides is 1. The van der Waals surface area contributed by atoms with E-state index < -0.39 is 10.0 Å². The molecule has 1 aromatic rings. The average molecular weight is 313 g/mol. The number of carbonyl (C=O) groups excluding carboxylic acids is 1. The van der Waals surface area contributed by atoms with E-state index in [2.05, 4.69) is 5.32 Å². The van der Waals surface area contributed by atoms with Crippen molar-refractivity contribution in [1.29, 1.82) is 0 Å². The fourth-order valence-electron chi connectivity index (χ4n) is 1.79. The molecule has 0 saturated carbocycles. The highest BCUT2D eigenvalue weighted by molar-refractivity contribution is 7.89. The van der Waals surface area contributed by atoms with Gasteiger partial charge in [0.25, 0.3) is 0 Å². The quantitative estimate of drug-likeness (QED) is 0.821. The average Bonchev–Trinajstić information content (AvgIpc) is 2.46. The van der Waals surface area contributed by atoms with Crippen LogP contribution in [-0.4, -0.2) is 57.3 Å². The summed E-state index contributed by atoms with van der Waals surface area (Å²) in [6.07, 6.45) is 0. The van der Waals surface area contributed by atoms with Crippen LogP contribution in [0.1, 0.15) is 13.8 Å². The third kappa shape index (κ3) is 4.44. The molecule has 0 spiro atoms. The molecule has 1 rings (SSSR count). The molecule has 0 aliphatic rings. The van der Waals surface area contributed by atoms with Gasteiger partial charge in [0.05, 0.1) is 11.4 Å². The molecule has 0 aliphatic carbocycles. The summed E-state index contributed by atoms with van der Waals surface area (Å²) < 4.78 is 26.0. The van der Waals surface area contributed by atoms with Crippen LogP contribution in [0.2, 0.25) is 0 Å². The van der Waals surface area contributed by atoms with Crippen LogP contribution in [0.4, 0.5) is 5.69 Å². The molecule has 118 valence electrons. The number of rotatable bonds is 7. The maximum absolute atomic E-state index is 12.3. The van der Waals surface area contributed by atoms with Crippen molar-refractivity contribution in [3.8, 4) is 0 Å². The van der Waals surface area contributed by atoms with Crippen LogP contribution in [0.15, 0.2) is 29.2 Å². The van der Waals surface area contributed by atoms with Crippen LogP contribution in [-0.2, 0) is 14.8 Å². The highest BCUT2D eigenvalue weighted by Gasteiger charge is 2.21. The van der Waals surface area contributed by atoms with Crippen LogP contribution in [0.3, 0.4) is 0 Å². The summed E-state index contributed by atoms with van der Waals surface area (Å²) in [5.41, 5.74) is 0.712. The van der Waals surface area contributed by atoms with Gasteiger partial charge in [-0.15, -0.1) is 0 Å². The predicted octanol–water partition coefficient (Wildman–Crippen LogP) is 1.22. The number of hydrogen-bond donors (Lipinski definition) is 1. The number of nitrogens with zero attached hydrogens (tertiary/aromatic N) is 2. The molecule has 0 unspecified atom stereocenters. The van der Waals surface area contributed by atoms with E-state index in [1.165, 1.54) is 9.21 Å². The van der Waals surface area contributed by atoms with E-state index >= 15 is 0 Å². The van der Waals surface area contributed by atoms with Gasteiger partial charge in [-0.2, -0.15) is 4.31 Å². The maximum Gasteiger partial charge on any atom is 0.243 e.